The second-order valence-corrected chi connectivity index (χ2v) is 9.12. The Labute approximate surface area is 212 Å². The predicted molar refractivity (Wildman–Crippen MR) is 138 cm³/mol. The molecular weight excluding hydrogens is 473 g/mol. The summed E-state index contributed by atoms with van der Waals surface area (Å²) >= 11 is 0. The number of aromatic nitrogens is 4. The van der Waals surface area contributed by atoms with E-state index in [4.69, 9.17) is 14.5 Å². The maximum atomic E-state index is 14.1. The van der Waals surface area contributed by atoms with Gasteiger partial charge < -0.3 is 23.3 Å². The van der Waals surface area contributed by atoms with Gasteiger partial charge in [-0.3, -0.25) is 4.79 Å². The van der Waals surface area contributed by atoms with Gasteiger partial charge in [-0.2, -0.15) is 0 Å². The first-order valence-corrected chi connectivity index (χ1v) is 12.2. The van der Waals surface area contributed by atoms with Crippen LogP contribution in [0.1, 0.15) is 29.4 Å². The van der Waals surface area contributed by atoms with Crippen molar-refractivity contribution in [3.05, 3.63) is 78.5 Å². The highest BCUT2D eigenvalue weighted by Crippen LogP contribution is 2.37. The lowest BCUT2D eigenvalue weighted by Gasteiger charge is -2.33. The average molecular weight is 500 g/mol. The monoisotopic (exact) mass is 499 g/mol. The Bertz CT molecular complexity index is 1580. The Hall–Kier alpha value is -4.40. The van der Waals surface area contributed by atoms with E-state index in [0.717, 1.165) is 35.4 Å². The van der Waals surface area contributed by atoms with Gasteiger partial charge in [-0.25, -0.2) is 14.4 Å². The molecule has 37 heavy (non-hydrogen) atoms. The summed E-state index contributed by atoms with van der Waals surface area (Å²) in [5.74, 6) is 1.55. The number of piperidine rings is 1. The predicted octanol–water partition coefficient (Wildman–Crippen LogP) is 4.98. The molecule has 8 nitrogen and oxygen atoms in total. The molecule has 1 fully saturated rings. The zero-order chi connectivity index (χ0) is 25.5. The van der Waals surface area contributed by atoms with Crippen LogP contribution in [-0.4, -0.2) is 57.1 Å². The first kappa shape index (κ1) is 23.0. The van der Waals surface area contributed by atoms with Gasteiger partial charge in [0.2, 0.25) is 0 Å². The molecule has 0 radical (unpaired) electrons. The summed E-state index contributed by atoms with van der Waals surface area (Å²) in [5, 5.41) is 0. The summed E-state index contributed by atoms with van der Waals surface area (Å²) in [4.78, 5) is 24.3. The molecule has 188 valence electrons. The van der Waals surface area contributed by atoms with Crippen LogP contribution in [0.2, 0.25) is 0 Å². The van der Waals surface area contributed by atoms with E-state index in [0.29, 0.717) is 35.8 Å². The summed E-state index contributed by atoms with van der Waals surface area (Å²) < 4.78 is 29.0. The lowest BCUT2D eigenvalue weighted by molar-refractivity contribution is 0.0691. The van der Waals surface area contributed by atoms with E-state index in [9.17, 15) is 9.18 Å². The molecule has 0 N–H and O–H groups in total. The molecule has 4 heterocycles. The van der Waals surface area contributed by atoms with Crippen molar-refractivity contribution in [2.75, 3.05) is 27.3 Å². The third kappa shape index (κ3) is 4.06. The number of nitrogens with zero attached hydrogens (tertiary/aromatic N) is 5. The molecule has 0 bridgehead atoms. The molecule has 0 aliphatic carbocycles. The van der Waals surface area contributed by atoms with Gasteiger partial charge in [0.25, 0.3) is 5.91 Å². The Morgan fingerprint density at radius 3 is 2.54 bits per heavy atom. The number of likely N-dealkylation sites (tertiary alicyclic amines) is 1. The van der Waals surface area contributed by atoms with Crippen LogP contribution in [0.5, 0.6) is 11.5 Å². The minimum absolute atomic E-state index is 0.0696. The van der Waals surface area contributed by atoms with E-state index in [-0.39, 0.29) is 17.8 Å². The molecule has 1 aliphatic heterocycles. The van der Waals surface area contributed by atoms with E-state index in [2.05, 4.69) is 9.55 Å². The number of carbonyl (C=O) groups is 1. The Kier molecular flexibility index (Phi) is 5.75. The molecule has 5 aromatic rings. The summed E-state index contributed by atoms with van der Waals surface area (Å²) in [6, 6.07) is 16.1. The zero-order valence-electron chi connectivity index (χ0n) is 20.6. The van der Waals surface area contributed by atoms with E-state index in [1.807, 2.05) is 51.9 Å². The summed E-state index contributed by atoms with van der Waals surface area (Å²) in [6.07, 6.45) is 5.13. The maximum Gasteiger partial charge on any atom is 0.274 e. The van der Waals surface area contributed by atoms with Crippen LogP contribution in [0.3, 0.4) is 0 Å². The van der Waals surface area contributed by atoms with Crippen LogP contribution in [0.25, 0.3) is 28.1 Å². The molecule has 0 unspecified atom stereocenters. The van der Waals surface area contributed by atoms with Crippen molar-refractivity contribution >= 4 is 22.6 Å². The van der Waals surface area contributed by atoms with Crippen LogP contribution >= 0.6 is 0 Å². The van der Waals surface area contributed by atoms with Gasteiger partial charge in [-0.1, -0.05) is 6.07 Å². The molecule has 1 saturated heterocycles. The molecule has 9 heteroatoms. The first-order chi connectivity index (χ1) is 18.1. The Balaban J connectivity index is 1.31. The van der Waals surface area contributed by atoms with Crippen LogP contribution < -0.4 is 9.47 Å². The highest BCUT2D eigenvalue weighted by molar-refractivity contribution is 5.93. The number of fused-ring (bicyclic) bond motifs is 2. The van der Waals surface area contributed by atoms with E-state index in [1.165, 1.54) is 12.1 Å². The zero-order valence-corrected chi connectivity index (χ0v) is 20.6. The van der Waals surface area contributed by atoms with Crippen molar-refractivity contribution in [3.8, 4) is 22.9 Å². The van der Waals surface area contributed by atoms with Crippen LogP contribution in [-0.2, 0) is 0 Å². The number of carbonyl (C=O) groups excluding carboxylic acids is 1. The van der Waals surface area contributed by atoms with Gasteiger partial charge in [0.1, 0.15) is 23.0 Å². The number of amides is 1. The Morgan fingerprint density at radius 1 is 0.973 bits per heavy atom. The highest BCUT2D eigenvalue weighted by atomic mass is 19.1. The molecule has 6 rings (SSSR count). The third-order valence-electron chi connectivity index (χ3n) is 6.99. The average Bonchev–Trinajstić information content (AvgIpc) is 3.54. The molecule has 0 atom stereocenters. The van der Waals surface area contributed by atoms with Crippen molar-refractivity contribution in [2.45, 2.75) is 18.9 Å². The first-order valence-electron chi connectivity index (χ1n) is 12.2. The fourth-order valence-electron chi connectivity index (χ4n) is 5.15. The molecule has 2 aromatic carbocycles. The van der Waals surface area contributed by atoms with Crippen molar-refractivity contribution in [2.24, 2.45) is 0 Å². The van der Waals surface area contributed by atoms with Gasteiger partial charge in [-0.05, 0) is 55.3 Å². The third-order valence-corrected chi connectivity index (χ3v) is 6.99. The maximum absolute atomic E-state index is 14.1. The van der Waals surface area contributed by atoms with E-state index in [1.54, 1.807) is 26.5 Å². The summed E-state index contributed by atoms with van der Waals surface area (Å²) in [6.45, 7) is 1.17. The second-order valence-electron chi connectivity index (χ2n) is 9.12. The van der Waals surface area contributed by atoms with Crippen molar-refractivity contribution in [1.29, 1.82) is 0 Å². The van der Waals surface area contributed by atoms with Gasteiger partial charge in [0.05, 0.1) is 25.3 Å². The minimum Gasteiger partial charge on any atom is -0.493 e. The number of methoxy groups -OCH3 is 2. The number of halogens is 1. The second kappa shape index (κ2) is 9.24. The molecular formula is C28H26FN5O3. The molecule has 0 spiro atoms. The van der Waals surface area contributed by atoms with Crippen LogP contribution in [0.15, 0.2) is 67.0 Å². The SMILES string of the molecule is COc1ccc(-c2nc3cc(F)ccc3n2C2CCN(C(=O)c3cn4ccccc4n3)CC2)cc1OC. The summed E-state index contributed by atoms with van der Waals surface area (Å²) in [5.41, 5.74) is 3.48. The lowest BCUT2D eigenvalue weighted by Crippen LogP contribution is -2.39. The normalized spacial score (nSPS) is 14.4. The van der Waals surface area contributed by atoms with Gasteiger partial charge in [0.15, 0.2) is 11.5 Å². The standard InChI is InChI=1S/C28H26FN5O3/c1-36-24-9-6-18(15-25(24)37-2)27-31-21-16-19(29)7-8-23(21)34(27)20-10-13-32(14-11-20)28(35)22-17-33-12-4-3-5-26(33)30-22/h3-9,12,15-17,20H,10-11,13-14H2,1-2H3. The van der Waals surface area contributed by atoms with Gasteiger partial charge in [0, 0.05) is 43.2 Å². The molecule has 1 aliphatic rings. The number of benzene rings is 2. The van der Waals surface area contributed by atoms with Crippen molar-refractivity contribution in [1.82, 2.24) is 23.8 Å². The number of ether oxygens (including phenoxy) is 2. The topological polar surface area (TPSA) is 73.9 Å². The van der Waals surface area contributed by atoms with Crippen LogP contribution in [0.4, 0.5) is 4.39 Å². The van der Waals surface area contributed by atoms with E-state index < -0.39 is 0 Å². The molecule has 0 saturated carbocycles. The Morgan fingerprint density at radius 2 is 1.78 bits per heavy atom. The number of hydrogen-bond acceptors (Lipinski definition) is 5. The summed E-state index contributed by atoms with van der Waals surface area (Å²) in [7, 11) is 3.19. The van der Waals surface area contributed by atoms with Crippen LogP contribution in [0, 0.1) is 5.82 Å². The van der Waals surface area contributed by atoms with Crippen molar-refractivity contribution < 1.29 is 18.7 Å². The number of imidazole rings is 2. The quantitative estimate of drug-likeness (QED) is 0.341. The number of pyridine rings is 1. The number of hydrogen-bond donors (Lipinski definition) is 0. The lowest BCUT2D eigenvalue weighted by atomic mass is 10.0. The number of rotatable bonds is 5. The minimum atomic E-state index is -0.330. The molecule has 3 aromatic heterocycles. The van der Waals surface area contributed by atoms with Gasteiger partial charge in [-0.15, -0.1) is 0 Å². The fraction of sp³-hybridized carbons (Fsp3) is 0.250. The fourth-order valence-corrected chi connectivity index (χ4v) is 5.15. The smallest absolute Gasteiger partial charge is 0.274 e. The van der Waals surface area contributed by atoms with Crippen molar-refractivity contribution in [3.63, 3.8) is 0 Å². The largest absolute Gasteiger partial charge is 0.493 e. The van der Waals surface area contributed by atoms with E-state index >= 15 is 0 Å². The van der Waals surface area contributed by atoms with Gasteiger partial charge >= 0.3 is 0 Å². The molecule has 1 amide bonds. The highest BCUT2D eigenvalue weighted by Gasteiger charge is 2.29.